The van der Waals surface area contributed by atoms with Gasteiger partial charge in [-0.15, -0.1) is 0 Å². The number of benzene rings is 1. The van der Waals surface area contributed by atoms with Gasteiger partial charge in [0.15, 0.2) is 0 Å². The molecule has 0 bridgehead atoms. The Balaban J connectivity index is 2.09. The minimum Gasteiger partial charge on any atom is -0.515 e. The molecule has 1 fully saturated rings. The van der Waals surface area contributed by atoms with Crippen LogP contribution in [0.5, 0.6) is 0 Å². The molecule has 4 nitrogen and oxygen atoms in total. The lowest BCUT2D eigenvalue weighted by Crippen LogP contribution is -2.34. The minimum absolute atomic E-state index is 0.0204. The smallest absolute Gasteiger partial charge is 0.254 e. The van der Waals surface area contributed by atoms with Gasteiger partial charge in [-0.25, -0.2) is 0 Å². The highest BCUT2D eigenvalue weighted by molar-refractivity contribution is 5.98. The van der Waals surface area contributed by atoms with Crippen molar-refractivity contribution in [1.82, 2.24) is 4.90 Å². The SMILES string of the molecule is N#CCN1C(=O)C(=CO)C2c3ccccc3CC21. The summed E-state index contributed by atoms with van der Waals surface area (Å²) in [4.78, 5) is 13.7. The van der Waals surface area contributed by atoms with E-state index in [4.69, 9.17) is 5.26 Å². The summed E-state index contributed by atoms with van der Waals surface area (Å²) < 4.78 is 0. The molecule has 2 aliphatic rings. The van der Waals surface area contributed by atoms with Gasteiger partial charge in [0.05, 0.1) is 17.9 Å². The number of rotatable bonds is 1. The predicted molar refractivity (Wildman–Crippen MR) is 64.7 cm³/mol. The largest absolute Gasteiger partial charge is 0.515 e. The van der Waals surface area contributed by atoms with Crippen molar-refractivity contribution in [2.75, 3.05) is 6.54 Å². The molecule has 1 saturated heterocycles. The first-order chi connectivity index (χ1) is 8.77. The molecule has 1 aromatic carbocycles. The number of hydrogen-bond acceptors (Lipinski definition) is 3. The number of aliphatic hydroxyl groups excluding tert-OH is 1. The maximum Gasteiger partial charge on any atom is 0.254 e. The lowest BCUT2D eigenvalue weighted by molar-refractivity contribution is -0.125. The Hall–Kier alpha value is -2.28. The quantitative estimate of drug-likeness (QED) is 0.459. The van der Waals surface area contributed by atoms with Gasteiger partial charge in [0.25, 0.3) is 5.91 Å². The van der Waals surface area contributed by atoms with E-state index in [9.17, 15) is 9.90 Å². The van der Waals surface area contributed by atoms with Crippen LogP contribution in [0.1, 0.15) is 17.0 Å². The Morgan fingerprint density at radius 3 is 3.00 bits per heavy atom. The van der Waals surface area contributed by atoms with Gasteiger partial charge in [-0.3, -0.25) is 4.79 Å². The number of hydrogen-bond donors (Lipinski definition) is 1. The van der Waals surface area contributed by atoms with Gasteiger partial charge < -0.3 is 10.0 Å². The number of fused-ring (bicyclic) bond motifs is 3. The Labute approximate surface area is 105 Å². The zero-order valence-corrected chi connectivity index (χ0v) is 9.71. The third-order valence-electron chi connectivity index (χ3n) is 3.83. The second-order valence-electron chi connectivity index (χ2n) is 4.62. The van der Waals surface area contributed by atoms with E-state index in [1.54, 1.807) is 4.90 Å². The van der Waals surface area contributed by atoms with E-state index in [1.165, 1.54) is 5.56 Å². The fourth-order valence-electron chi connectivity index (χ4n) is 3.09. The highest BCUT2D eigenvalue weighted by Crippen LogP contribution is 2.46. The third kappa shape index (κ3) is 1.28. The van der Waals surface area contributed by atoms with E-state index in [0.717, 1.165) is 18.2 Å². The van der Waals surface area contributed by atoms with Crippen molar-refractivity contribution in [2.45, 2.75) is 18.4 Å². The van der Waals surface area contributed by atoms with Gasteiger partial charge in [-0.2, -0.15) is 5.26 Å². The van der Waals surface area contributed by atoms with Crippen LogP contribution in [0.2, 0.25) is 0 Å². The van der Waals surface area contributed by atoms with Crippen LogP contribution in [-0.4, -0.2) is 28.5 Å². The van der Waals surface area contributed by atoms with Gasteiger partial charge >= 0.3 is 0 Å². The summed E-state index contributed by atoms with van der Waals surface area (Å²) >= 11 is 0. The van der Waals surface area contributed by atoms with Crippen LogP contribution in [0.3, 0.4) is 0 Å². The van der Waals surface area contributed by atoms with E-state index in [0.29, 0.717) is 5.57 Å². The van der Waals surface area contributed by atoms with Gasteiger partial charge in [-0.1, -0.05) is 24.3 Å². The van der Waals surface area contributed by atoms with Crippen molar-refractivity contribution in [1.29, 1.82) is 5.26 Å². The number of nitrogens with zero attached hydrogens (tertiary/aromatic N) is 2. The van der Waals surface area contributed by atoms with E-state index in [-0.39, 0.29) is 24.4 Å². The van der Waals surface area contributed by atoms with E-state index >= 15 is 0 Å². The topological polar surface area (TPSA) is 64.3 Å². The molecule has 1 aliphatic heterocycles. The van der Waals surface area contributed by atoms with E-state index in [2.05, 4.69) is 0 Å². The molecule has 0 aromatic heterocycles. The van der Waals surface area contributed by atoms with Crippen LogP contribution in [0.4, 0.5) is 0 Å². The molecule has 3 rings (SSSR count). The zero-order chi connectivity index (χ0) is 12.7. The average molecular weight is 240 g/mol. The molecule has 0 radical (unpaired) electrons. The van der Waals surface area contributed by atoms with Gasteiger partial charge in [0, 0.05) is 12.0 Å². The molecular weight excluding hydrogens is 228 g/mol. The molecule has 1 amide bonds. The van der Waals surface area contributed by atoms with Crippen molar-refractivity contribution in [2.24, 2.45) is 0 Å². The number of carbonyl (C=O) groups excluding carboxylic acids is 1. The lowest BCUT2D eigenvalue weighted by Gasteiger charge is -2.19. The van der Waals surface area contributed by atoms with Crippen molar-refractivity contribution < 1.29 is 9.90 Å². The molecule has 1 heterocycles. The highest BCUT2D eigenvalue weighted by atomic mass is 16.2. The van der Waals surface area contributed by atoms with Crippen LogP contribution >= 0.6 is 0 Å². The van der Waals surface area contributed by atoms with Crippen molar-refractivity contribution in [3.63, 3.8) is 0 Å². The van der Waals surface area contributed by atoms with E-state index < -0.39 is 0 Å². The second-order valence-corrected chi connectivity index (χ2v) is 4.62. The number of nitriles is 1. The van der Waals surface area contributed by atoms with E-state index in [1.807, 2.05) is 30.3 Å². The maximum atomic E-state index is 12.1. The molecule has 2 unspecified atom stereocenters. The van der Waals surface area contributed by atoms with Crippen molar-refractivity contribution >= 4 is 5.91 Å². The first-order valence-electron chi connectivity index (χ1n) is 5.88. The fraction of sp³-hybridized carbons (Fsp3) is 0.286. The number of likely N-dealkylation sites (tertiary alicyclic amines) is 1. The number of aliphatic hydroxyl groups is 1. The Morgan fingerprint density at radius 1 is 1.50 bits per heavy atom. The molecule has 0 saturated carbocycles. The van der Waals surface area contributed by atoms with Crippen LogP contribution in [0.15, 0.2) is 36.1 Å². The number of amides is 1. The Morgan fingerprint density at radius 2 is 2.28 bits per heavy atom. The molecule has 1 N–H and O–H groups in total. The predicted octanol–water partition coefficient (Wildman–Crippen LogP) is 1.50. The Kier molecular flexibility index (Phi) is 2.34. The molecule has 18 heavy (non-hydrogen) atoms. The molecule has 0 spiro atoms. The third-order valence-corrected chi connectivity index (χ3v) is 3.83. The van der Waals surface area contributed by atoms with Crippen LogP contribution in [-0.2, 0) is 11.2 Å². The summed E-state index contributed by atoms with van der Waals surface area (Å²) in [6, 6.07) is 9.94. The summed E-state index contributed by atoms with van der Waals surface area (Å²) in [7, 11) is 0. The summed E-state index contributed by atoms with van der Waals surface area (Å²) in [6.07, 6.45) is 1.66. The van der Waals surface area contributed by atoms with Gasteiger partial charge in [0.1, 0.15) is 6.54 Å². The zero-order valence-electron chi connectivity index (χ0n) is 9.71. The molecule has 2 atom stereocenters. The highest BCUT2D eigenvalue weighted by Gasteiger charge is 2.48. The lowest BCUT2D eigenvalue weighted by atomic mass is 9.94. The monoisotopic (exact) mass is 240 g/mol. The first kappa shape index (κ1) is 10.8. The normalized spacial score (nSPS) is 27.2. The summed E-state index contributed by atoms with van der Waals surface area (Å²) in [5, 5.41) is 18.1. The van der Waals surface area contributed by atoms with Crippen molar-refractivity contribution in [3.8, 4) is 6.07 Å². The van der Waals surface area contributed by atoms with Crippen LogP contribution in [0.25, 0.3) is 0 Å². The summed E-state index contributed by atoms with van der Waals surface area (Å²) in [5.74, 6) is -0.310. The maximum absolute atomic E-state index is 12.1. The van der Waals surface area contributed by atoms with Gasteiger partial charge in [0.2, 0.25) is 0 Å². The molecule has 90 valence electrons. The van der Waals surface area contributed by atoms with Gasteiger partial charge in [-0.05, 0) is 17.5 Å². The average Bonchev–Trinajstić information content (AvgIpc) is 2.87. The second kappa shape index (κ2) is 3.88. The molecule has 1 aromatic rings. The minimum atomic E-state index is -0.219. The number of carbonyl (C=O) groups is 1. The first-order valence-corrected chi connectivity index (χ1v) is 5.88. The fourth-order valence-corrected chi connectivity index (χ4v) is 3.09. The molecule has 1 aliphatic carbocycles. The molecular formula is C14H12N2O2. The Bertz CT molecular complexity index is 586. The van der Waals surface area contributed by atoms with Crippen LogP contribution < -0.4 is 0 Å². The van der Waals surface area contributed by atoms with Crippen molar-refractivity contribution in [3.05, 3.63) is 47.2 Å². The van der Waals surface area contributed by atoms with Crippen LogP contribution in [0, 0.1) is 11.3 Å². The summed E-state index contributed by atoms with van der Waals surface area (Å²) in [5.41, 5.74) is 2.69. The standard InChI is InChI=1S/C14H12N2O2/c15-5-6-16-12-7-9-3-1-2-4-10(9)13(12)11(8-17)14(16)18/h1-4,8,12-13,17H,6-7H2. The summed E-state index contributed by atoms with van der Waals surface area (Å²) in [6.45, 7) is 0.0747. The molecule has 4 heteroatoms.